The van der Waals surface area contributed by atoms with Crippen molar-refractivity contribution >= 4 is 5.91 Å². The summed E-state index contributed by atoms with van der Waals surface area (Å²) in [4.78, 5) is 28.5. The Balaban J connectivity index is 2.03. The molecule has 1 unspecified atom stereocenters. The van der Waals surface area contributed by atoms with Gasteiger partial charge in [0, 0.05) is 38.2 Å². The van der Waals surface area contributed by atoms with Crippen molar-refractivity contribution in [3.8, 4) is 0 Å². The van der Waals surface area contributed by atoms with Gasteiger partial charge in [-0.2, -0.15) is 0 Å². The third-order valence-electron chi connectivity index (χ3n) is 3.42. The Morgan fingerprint density at radius 1 is 1.58 bits per heavy atom. The summed E-state index contributed by atoms with van der Waals surface area (Å²) in [5, 5.41) is 0. The van der Waals surface area contributed by atoms with Crippen LogP contribution in [-0.4, -0.2) is 42.6 Å². The first-order valence-electron chi connectivity index (χ1n) is 6.60. The van der Waals surface area contributed by atoms with E-state index in [4.69, 9.17) is 4.74 Å². The summed E-state index contributed by atoms with van der Waals surface area (Å²) in [5.74, 6) is 0.138. The Bertz CT molecular complexity index is 504. The van der Waals surface area contributed by atoms with Crippen LogP contribution >= 0.6 is 0 Å². The van der Waals surface area contributed by atoms with Crippen LogP contribution in [0.15, 0.2) is 17.1 Å². The van der Waals surface area contributed by atoms with Gasteiger partial charge in [0.2, 0.25) is 0 Å². The molecule has 1 fully saturated rings. The molecule has 0 saturated carbocycles. The molecular formula is C14H20N2O3. The molecule has 1 saturated heterocycles. The second-order valence-corrected chi connectivity index (χ2v) is 5.16. The van der Waals surface area contributed by atoms with Crippen molar-refractivity contribution in [1.29, 1.82) is 0 Å². The van der Waals surface area contributed by atoms with E-state index in [2.05, 4.69) is 4.98 Å². The maximum absolute atomic E-state index is 12.2. The van der Waals surface area contributed by atoms with E-state index in [1.165, 1.54) is 12.3 Å². The lowest BCUT2D eigenvalue weighted by Crippen LogP contribution is -2.37. The highest BCUT2D eigenvalue weighted by Crippen LogP contribution is 2.15. The average Bonchev–Trinajstić information content (AvgIpc) is 2.39. The predicted molar refractivity (Wildman–Crippen MR) is 72.3 cm³/mol. The van der Waals surface area contributed by atoms with E-state index in [-0.39, 0.29) is 16.9 Å². The van der Waals surface area contributed by atoms with Crippen LogP contribution in [0.5, 0.6) is 0 Å². The van der Waals surface area contributed by atoms with E-state index in [0.29, 0.717) is 19.1 Å². The molecule has 1 amide bonds. The summed E-state index contributed by atoms with van der Waals surface area (Å²) in [6, 6.07) is 1.45. The van der Waals surface area contributed by atoms with E-state index in [1.54, 1.807) is 18.9 Å². The maximum Gasteiger partial charge on any atom is 0.259 e. The lowest BCUT2D eigenvalue weighted by Gasteiger charge is -2.27. The third kappa shape index (κ3) is 3.44. The first kappa shape index (κ1) is 13.8. The Morgan fingerprint density at radius 3 is 3.00 bits per heavy atom. The number of pyridine rings is 1. The molecule has 2 rings (SSSR count). The number of carbonyl (C=O) groups excluding carboxylic acids is 1. The van der Waals surface area contributed by atoms with Gasteiger partial charge in [-0.25, -0.2) is 0 Å². The van der Waals surface area contributed by atoms with Gasteiger partial charge in [0.1, 0.15) is 5.56 Å². The third-order valence-corrected chi connectivity index (χ3v) is 3.42. The molecule has 5 heteroatoms. The van der Waals surface area contributed by atoms with Gasteiger partial charge in [-0.3, -0.25) is 9.59 Å². The van der Waals surface area contributed by atoms with Gasteiger partial charge in [0.15, 0.2) is 5.43 Å². The van der Waals surface area contributed by atoms with Gasteiger partial charge in [-0.1, -0.05) is 0 Å². The van der Waals surface area contributed by atoms with Crippen LogP contribution in [0.2, 0.25) is 0 Å². The molecule has 1 aliphatic heterocycles. The number of nitrogens with one attached hydrogen (secondary N) is 1. The average molecular weight is 264 g/mol. The minimum atomic E-state index is -0.230. The first-order valence-corrected chi connectivity index (χ1v) is 6.60. The van der Waals surface area contributed by atoms with Gasteiger partial charge in [-0.05, 0) is 25.7 Å². The molecule has 0 radical (unpaired) electrons. The lowest BCUT2D eigenvalue weighted by molar-refractivity contribution is 0.0388. The van der Waals surface area contributed by atoms with Gasteiger partial charge in [0.25, 0.3) is 5.91 Å². The van der Waals surface area contributed by atoms with E-state index in [1.807, 2.05) is 0 Å². The lowest BCUT2D eigenvalue weighted by atomic mass is 10.0. The summed E-state index contributed by atoms with van der Waals surface area (Å²) in [7, 11) is 1.73. The van der Waals surface area contributed by atoms with Crippen LogP contribution in [-0.2, 0) is 4.74 Å². The van der Waals surface area contributed by atoms with E-state index in [0.717, 1.165) is 25.1 Å². The fraction of sp³-hybridized carbons (Fsp3) is 0.571. The summed E-state index contributed by atoms with van der Waals surface area (Å²) in [6.45, 7) is 3.93. The summed E-state index contributed by atoms with van der Waals surface area (Å²) in [6.07, 6.45) is 3.60. The number of aryl methyl sites for hydroxylation is 1. The Morgan fingerprint density at radius 2 is 2.37 bits per heavy atom. The largest absolute Gasteiger partial charge is 0.381 e. The molecule has 0 aliphatic carbocycles. The normalized spacial score (nSPS) is 19.2. The summed E-state index contributed by atoms with van der Waals surface area (Å²) in [5.41, 5.74) is 0.725. The van der Waals surface area contributed by atoms with Gasteiger partial charge in [0.05, 0.1) is 6.61 Å². The number of aromatic nitrogens is 1. The minimum absolute atomic E-state index is 0.199. The number of rotatable bonds is 3. The van der Waals surface area contributed by atoms with Gasteiger partial charge in [-0.15, -0.1) is 0 Å². The van der Waals surface area contributed by atoms with Crippen molar-refractivity contribution in [2.45, 2.75) is 19.8 Å². The number of hydrogen-bond acceptors (Lipinski definition) is 3. The fourth-order valence-electron chi connectivity index (χ4n) is 2.37. The van der Waals surface area contributed by atoms with Gasteiger partial charge < -0.3 is 14.6 Å². The topological polar surface area (TPSA) is 62.4 Å². The molecule has 19 heavy (non-hydrogen) atoms. The van der Waals surface area contributed by atoms with Crippen LogP contribution in [0.25, 0.3) is 0 Å². The Kier molecular flexibility index (Phi) is 4.37. The van der Waals surface area contributed by atoms with E-state index >= 15 is 0 Å². The van der Waals surface area contributed by atoms with E-state index in [9.17, 15) is 9.59 Å². The SMILES string of the molecule is Cc1cc(=O)c(C(=O)N(C)CC2CCCOC2)c[nH]1. The molecule has 104 valence electrons. The van der Waals surface area contributed by atoms with Crippen molar-refractivity contribution < 1.29 is 9.53 Å². The monoisotopic (exact) mass is 264 g/mol. The smallest absolute Gasteiger partial charge is 0.259 e. The molecule has 2 heterocycles. The number of H-pyrrole nitrogens is 1. The standard InChI is InChI=1S/C14H20N2O3/c1-10-6-13(17)12(7-15-10)14(18)16(2)8-11-4-3-5-19-9-11/h6-7,11H,3-5,8-9H2,1-2H3,(H,15,17). The van der Waals surface area contributed by atoms with E-state index < -0.39 is 0 Å². The number of hydrogen-bond donors (Lipinski definition) is 1. The van der Waals surface area contributed by atoms with Crippen LogP contribution < -0.4 is 5.43 Å². The number of aromatic amines is 1. The highest BCUT2D eigenvalue weighted by atomic mass is 16.5. The molecule has 1 aromatic heterocycles. The predicted octanol–water partition coefficient (Wildman–Crippen LogP) is 1.18. The van der Waals surface area contributed by atoms with Crippen molar-refractivity contribution in [1.82, 2.24) is 9.88 Å². The zero-order valence-corrected chi connectivity index (χ0v) is 11.4. The Labute approximate surface area is 112 Å². The first-order chi connectivity index (χ1) is 9.08. The number of ether oxygens (including phenoxy) is 1. The number of nitrogens with zero attached hydrogens (tertiary/aromatic N) is 1. The van der Waals surface area contributed by atoms with Gasteiger partial charge >= 0.3 is 0 Å². The van der Waals surface area contributed by atoms with Crippen molar-refractivity contribution in [2.24, 2.45) is 5.92 Å². The molecule has 1 aromatic rings. The van der Waals surface area contributed by atoms with Crippen molar-refractivity contribution in [3.05, 3.63) is 33.7 Å². The minimum Gasteiger partial charge on any atom is -0.381 e. The molecule has 1 aliphatic rings. The fourth-order valence-corrected chi connectivity index (χ4v) is 2.37. The quantitative estimate of drug-likeness (QED) is 0.891. The number of carbonyl (C=O) groups is 1. The van der Waals surface area contributed by atoms with Crippen LogP contribution in [0.4, 0.5) is 0 Å². The highest BCUT2D eigenvalue weighted by molar-refractivity contribution is 5.93. The molecule has 0 spiro atoms. The highest BCUT2D eigenvalue weighted by Gasteiger charge is 2.21. The molecule has 0 aromatic carbocycles. The molecular weight excluding hydrogens is 244 g/mol. The van der Waals surface area contributed by atoms with Crippen LogP contribution in [0.1, 0.15) is 28.9 Å². The Hall–Kier alpha value is -1.62. The van der Waals surface area contributed by atoms with Crippen LogP contribution in [0.3, 0.4) is 0 Å². The molecule has 0 bridgehead atoms. The summed E-state index contributed by atoms with van der Waals surface area (Å²) < 4.78 is 5.40. The van der Waals surface area contributed by atoms with Crippen LogP contribution in [0, 0.1) is 12.8 Å². The maximum atomic E-state index is 12.2. The van der Waals surface area contributed by atoms with Crippen molar-refractivity contribution in [2.75, 3.05) is 26.8 Å². The molecule has 1 N–H and O–H groups in total. The second-order valence-electron chi connectivity index (χ2n) is 5.16. The molecule has 1 atom stereocenters. The second kappa shape index (κ2) is 6.02. The zero-order chi connectivity index (χ0) is 13.8. The zero-order valence-electron chi connectivity index (χ0n) is 11.4. The number of amides is 1. The summed E-state index contributed by atoms with van der Waals surface area (Å²) >= 11 is 0. The van der Waals surface area contributed by atoms with Crippen molar-refractivity contribution in [3.63, 3.8) is 0 Å². The molecule has 5 nitrogen and oxygen atoms in total.